The first-order valence-corrected chi connectivity index (χ1v) is 10.0. The first kappa shape index (κ1) is 14.9. The summed E-state index contributed by atoms with van der Waals surface area (Å²) in [6.07, 6.45) is 1.63. The molecular formula is C15H23NO3Si. The second kappa shape index (κ2) is 6.30. The van der Waals surface area contributed by atoms with Crippen LogP contribution in [0.25, 0.3) is 11.7 Å². The fourth-order valence-electron chi connectivity index (χ4n) is 2.63. The molecule has 2 aromatic heterocycles. The quantitative estimate of drug-likeness (QED) is 0.723. The fraction of sp³-hybridized carbons (Fsp3) is 0.533. The molecule has 2 heterocycles. The van der Waals surface area contributed by atoms with Crippen molar-refractivity contribution in [2.45, 2.75) is 45.8 Å². The fourth-order valence-corrected chi connectivity index (χ4v) is 6.03. The summed E-state index contributed by atoms with van der Waals surface area (Å²) in [4.78, 5) is 4.73. The van der Waals surface area contributed by atoms with Gasteiger partial charge in [0.1, 0.15) is 13.4 Å². The van der Waals surface area contributed by atoms with Gasteiger partial charge in [0.05, 0.1) is 12.9 Å². The van der Waals surface area contributed by atoms with E-state index in [1.165, 1.54) is 0 Å². The maximum absolute atomic E-state index is 5.82. The number of oxazole rings is 1. The lowest BCUT2D eigenvalue weighted by Crippen LogP contribution is -2.47. The minimum atomic E-state index is -1.64. The van der Waals surface area contributed by atoms with Gasteiger partial charge in [-0.15, -0.1) is 0 Å². The lowest BCUT2D eigenvalue weighted by atomic mass is 10.4. The highest BCUT2D eigenvalue weighted by molar-refractivity contribution is 6.91. The second-order valence-electron chi connectivity index (χ2n) is 4.91. The molecule has 0 unspecified atom stereocenters. The molecule has 0 fully saturated rings. The van der Waals surface area contributed by atoms with Gasteiger partial charge >= 0.3 is 5.95 Å². The minimum Gasteiger partial charge on any atom is -0.464 e. The van der Waals surface area contributed by atoms with Crippen LogP contribution >= 0.6 is 0 Å². The molecule has 2 rings (SSSR count). The van der Waals surface area contributed by atoms with E-state index in [1.807, 2.05) is 19.1 Å². The molecule has 5 heteroatoms. The number of rotatable bonds is 7. The number of nitrogens with zero attached hydrogens (tertiary/aromatic N) is 1. The maximum Gasteiger partial charge on any atom is 0.304 e. The first-order valence-electron chi connectivity index (χ1n) is 7.38. The third-order valence-corrected chi connectivity index (χ3v) is 9.52. The monoisotopic (exact) mass is 293 g/mol. The molecule has 0 amide bonds. The Bertz CT molecular complexity index is 521. The molecule has 110 valence electrons. The van der Waals surface area contributed by atoms with Gasteiger partial charge in [0.25, 0.3) is 5.89 Å². The predicted octanol–water partition coefficient (Wildman–Crippen LogP) is 4.05. The summed E-state index contributed by atoms with van der Waals surface area (Å²) >= 11 is 0. The van der Waals surface area contributed by atoms with Crippen LogP contribution in [0.3, 0.4) is 0 Å². The molecule has 0 spiro atoms. The molecule has 0 saturated heterocycles. The summed E-state index contributed by atoms with van der Waals surface area (Å²) in [5.74, 6) is 1.78. The van der Waals surface area contributed by atoms with Gasteiger partial charge in [0.15, 0.2) is 5.76 Å². The third-order valence-electron chi connectivity index (χ3n) is 4.14. The Balaban J connectivity index is 2.50. The smallest absolute Gasteiger partial charge is 0.304 e. The summed E-state index contributed by atoms with van der Waals surface area (Å²) < 4.78 is 16.9. The molecule has 0 aromatic carbocycles. The summed E-state index contributed by atoms with van der Waals surface area (Å²) in [6, 6.07) is 7.13. The van der Waals surface area contributed by atoms with Crippen LogP contribution < -0.4 is 10.1 Å². The largest absolute Gasteiger partial charge is 0.464 e. The van der Waals surface area contributed by atoms with Gasteiger partial charge in [-0.3, -0.25) is 0 Å². The second-order valence-corrected chi connectivity index (χ2v) is 10.1. The number of hydrogen-bond donors (Lipinski definition) is 0. The molecule has 2 aromatic rings. The third kappa shape index (κ3) is 2.54. The number of hydrogen-bond acceptors (Lipinski definition) is 4. The van der Waals surface area contributed by atoms with E-state index < -0.39 is 8.07 Å². The van der Waals surface area contributed by atoms with Gasteiger partial charge in [-0.25, -0.2) is 4.98 Å². The summed E-state index contributed by atoms with van der Waals surface area (Å²) in [6.45, 7) is 9.29. The van der Waals surface area contributed by atoms with Gasteiger partial charge in [0.2, 0.25) is 0 Å². The molecule has 0 N–H and O–H groups in total. The minimum absolute atomic E-state index is 0.528. The molecular weight excluding hydrogens is 270 g/mol. The van der Waals surface area contributed by atoms with Gasteiger partial charge in [0, 0.05) is 0 Å². The summed E-state index contributed by atoms with van der Waals surface area (Å²) in [5.41, 5.74) is 0. The van der Waals surface area contributed by atoms with E-state index in [0.29, 0.717) is 24.2 Å². The van der Waals surface area contributed by atoms with E-state index in [2.05, 4.69) is 20.8 Å². The van der Waals surface area contributed by atoms with Gasteiger partial charge < -0.3 is 13.6 Å². The molecule has 0 aliphatic rings. The standard InChI is InChI=1S/C15H23NO3Si/c1-5-17-15-14(20(6-2,7-3)8-4)16-13(19-15)12-10-9-11-18-12/h9-11H,5-8H2,1-4H3. The van der Waals surface area contributed by atoms with Crippen molar-refractivity contribution in [2.24, 2.45) is 0 Å². The zero-order valence-corrected chi connectivity index (χ0v) is 13.7. The average molecular weight is 293 g/mol. The molecule has 0 atom stereocenters. The zero-order valence-electron chi connectivity index (χ0n) is 12.7. The van der Waals surface area contributed by atoms with Gasteiger partial charge in [-0.05, 0) is 19.1 Å². The molecule has 0 aliphatic heterocycles. The van der Waals surface area contributed by atoms with E-state index in [-0.39, 0.29) is 0 Å². The highest BCUT2D eigenvalue weighted by Crippen LogP contribution is 2.29. The van der Waals surface area contributed by atoms with Gasteiger partial charge in [-0.2, -0.15) is 0 Å². The van der Waals surface area contributed by atoms with Crippen LogP contribution in [0.15, 0.2) is 27.2 Å². The van der Waals surface area contributed by atoms with Crippen LogP contribution in [0.5, 0.6) is 5.95 Å². The van der Waals surface area contributed by atoms with E-state index in [9.17, 15) is 0 Å². The van der Waals surface area contributed by atoms with Crippen LogP contribution in [0, 0.1) is 0 Å². The predicted molar refractivity (Wildman–Crippen MR) is 82.2 cm³/mol. The number of ether oxygens (including phenoxy) is 1. The highest BCUT2D eigenvalue weighted by Gasteiger charge is 2.37. The van der Waals surface area contributed by atoms with Crippen molar-refractivity contribution in [3.63, 3.8) is 0 Å². The zero-order chi connectivity index (χ0) is 14.6. The Labute approximate surface area is 121 Å². The molecule has 0 aliphatic carbocycles. The van der Waals surface area contributed by atoms with E-state index in [1.54, 1.807) is 6.26 Å². The van der Waals surface area contributed by atoms with Crippen molar-refractivity contribution in [2.75, 3.05) is 6.61 Å². The Kier molecular flexibility index (Phi) is 4.70. The lowest BCUT2D eigenvalue weighted by molar-refractivity contribution is 0.261. The topological polar surface area (TPSA) is 48.4 Å². The summed E-state index contributed by atoms with van der Waals surface area (Å²) in [5, 5.41) is 1.05. The normalized spacial score (nSPS) is 11.8. The van der Waals surface area contributed by atoms with Crippen molar-refractivity contribution >= 4 is 13.4 Å². The number of furan rings is 1. The molecule has 0 bridgehead atoms. The molecule has 4 nitrogen and oxygen atoms in total. The van der Waals surface area contributed by atoms with Crippen LogP contribution in [-0.4, -0.2) is 19.7 Å². The van der Waals surface area contributed by atoms with Crippen molar-refractivity contribution in [3.8, 4) is 17.6 Å². The van der Waals surface area contributed by atoms with Crippen molar-refractivity contribution in [1.29, 1.82) is 0 Å². The lowest BCUT2D eigenvalue weighted by Gasteiger charge is -2.25. The number of aromatic nitrogens is 1. The van der Waals surface area contributed by atoms with E-state index >= 15 is 0 Å². The summed E-state index contributed by atoms with van der Waals surface area (Å²) in [7, 11) is -1.64. The van der Waals surface area contributed by atoms with Crippen molar-refractivity contribution < 1.29 is 13.6 Å². The molecule has 0 radical (unpaired) electrons. The SMILES string of the molecule is CCOc1oc(-c2ccco2)nc1[Si](CC)(CC)CC. The van der Waals surface area contributed by atoms with Gasteiger partial charge in [-0.1, -0.05) is 38.9 Å². The Morgan fingerprint density at radius 1 is 1.15 bits per heavy atom. The Hall–Kier alpha value is -1.49. The Morgan fingerprint density at radius 2 is 1.85 bits per heavy atom. The van der Waals surface area contributed by atoms with Crippen molar-refractivity contribution in [3.05, 3.63) is 18.4 Å². The van der Waals surface area contributed by atoms with Crippen LogP contribution in [-0.2, 0) is 0 Å². The van der Waals surface area contributed by atoms with Crippen molar-refractivity contribution in [1.82, 2.24) is 4.98 Å². The van der Waals surface area contributed by atoms with Crippen LogP contribution in [0.4, 0.5) is 0 Å². The Morgan fingerprint density at radius 3 is 2.35 bits per heavy atom. The average Bonchev–Trinajstić information content (AvgIpc) is 3.12. The van der Waals surface area contributed by atoms with Crippen LogP contribution in [0.2, 0.25) is 18.1 Å². The maximum atomic E-state index is 5.82. The molecule has 20 heavy (non-hydrogen) atoms. The van der Waals surface area contributed by atoms with E-state index in [4.69, 9.17) is 18.6 Å². The highest BCUT2D eigenvalue weighted by atomic mass is 28.3. The first-order chi connectivity index (χ1) is 9.70. The van der Waals surface area contributed by atoms with E-state index in [0.717, 1.165) is 23.4 Å². The molecule has 0 saturated carbocycles. The van der Waals surface area contributed by atoms with Crippen LogP contribution in [0.1, 0.15) is 27.7 Å².